The number of carbonyl (C=O) groups excluding carboxylic acids is 2. The van der Waals surface area contributed by atoms with Gasteiger partial charge in [-0.05, 0) is 38.3 Å². The molecular weight excluding hydrogens is 392 g/mol. The molecule has 0 saturated carbocycles. The Labute approximate surface area is 207 Å². The van der Waals surface area contributed by atoms with Gasteiger partial charge in [-0.15, -0.1) is 11.0 Å². The van der Waals surface area contributed by atoms with Gasteiger partial charge in [0, 0.05) is 13.1 Å². The summed E-state index contributed by atoms with van der Waals surface area (Å²) in [6.45, 7) is 6.46. The van der Waals surface area contributed by atoms with Crippen molar-refractivity contribution in [1.29, 1.82) is 0 Å². The fraction of sp³-hybridized carbons (Fsp3) is 0.500. The molecule has 2 rings (SSSR count). The summed E-state index contributed by atoms with van der Waals surface area (Å²) in [5, 5.41) is 17.9. The fourth-order valence-corrected chi connectivity index (χ4v) is 2.63. The summed E-state index contributed by atoms with van der Waals surface area (Å²) in [7, 11) is 2.13. The Morgan fingerprint density at radius 3 is 2.52 bits per heavy atom. The summed E-state index contributed by atoms with van der Waals surface area (Å²) in [5.41, 5.74) is 2.17. The van der Waals surface area contributed by atoms with Crippen LogP contribution in [0.4, 0.5) is 0 Å². The Morgan fingerprint density at radius 1 is 1.30 bits per heavy atom. The van der Waals surface area contributed by atoms with Gasteiger partial charge in [0.25, 0.3) is 5.88 Å². The number of unbranched alkanes of at least 4 members (excludes halogenated alkanes) is 2. The average molecular weight is 413 g/mol. The van der Waals surface area contributed by atoms with E-state index in [0.29, 0.717) is 12.5 Å². The molecule has 0 aliphatic carbocycles. The first-order chi connectivity index (χ1) is 12.0. The van der Waals surface area contributed by atoms with Crippen molar-refractivity contribution in [3.63, 3.8) is 0 Å². The maximum atomic E-state index is 8.93. The molecule has 1 aromatic rings. The van der Waals surface area contributed by atoms with E-state index < -0.39 is 11.9 Å². The maximum Gasteiger partial charge on any atom is 1.00 e. The molecule has 1 aliphatic heterocycles. The zero-order valence-electron chi connectivity index (χ0n) is 16.1. The molecule has 0 unspecified atom stereocenters. The Bertz CT molecular complexity index is 613. The van der Waals surface area contributed by atoms with Gasteiger partial charge < -0.3 is 29.4 Å². The Balaban J connectivity index is 0. The standard InChI is InChI=1S/C14H21N3OS.C2H2O4.2Na/c1-3-4-5-6-10-18-14-13(15-19-16-14)12-8-7-9-17(2)11-12;3-1(4)2(5)6;;/h3,8H,1,4-7,9-11H2,2H3;(H,3,4)(H,5,6);;/q;;2*+1/p-2. The molecule has 11 heteroatoms. The van der Waals surface area contributed by atoms with E-state index in [4.69, 9.17) is 24.5 Å². The van der Waals surface area contributed by atoms with Crippen LogP contribution in [0.1, 0.15) is 31.4 Å². The summed E-state index contributed by atoms with van der Waals surface area (Å²) < 4.78 is 14.4. The van der Waals surface area contributed by atoms with Crippen LogP contribution in [0, 0.1) is 0 Å². The van der Waals surface area contributed by atoms with Crippen LogP contribution in [0.3, 0.4) is 0 Å². The molecule has 0 aromatic carbocycles. The van der Waals surface area contributed by atoms with E-state index in [0.717, 1.165) is 44.5 Å². The third kappa shape index (κ3) is 12.0. The van der Waals surface area contributed by atoms with Gasteiger partial charge in [-0.25, -0.2) is 0 Å². The molecule has 0 N–H and O–H groups in total. The first-order valence-corrected chi connectivity index (χ1v) is 8.55. The van der Waals surface area contributed by atoms with Crippen LogP contribution in [-0.4, -0.2) is 52.3 Å². The van der Waals surface area contributed by atoms with Crippen LogP contribution in [-0.2, 0) is 9.59 Å². The molecule has 27 heavy (non-hydrogen) atoms. The minimum absolute atomic E-state index is 0. The molecule has 0 radical (unpaired) electrons. The zero-order chi connectivity index (χ0) is 18.7. The van der Waals surface area contributed by atoms with Crippen molar-refractivity contribution in [1.82, 2.24) is 13.6 Å². The van der Waals surface area contributed by atoms with Gasteiger partial charge in [-0.3, -0.25) is 0 Å². The van der Waals surface area contributed by atoms with Crippen molar-refractivity contribution in [2.75, 3.05) is 26.7 Å². The number of carboxylic acid groups (broad SMARTS) is 2. The second kappa shape index (κ2) is 16.7. The summed E-state index contributed by atoms with van der Waals surface area (Å²) >= 11 is 1.23. The maximum absolute atomic E-state index is 8.93. The van der Waals surface area contributed by atoms with Crippen LogP contribution in [0.15, 0.2) is 18.7 Å². The molecule has 0 fully saturated rings. The second-order valence-corrected chi connectivity index (χ2v) is 5.91. The Hall–Kier alpha value is -0.260. The van der Waals surface area contributed by atoms with Crippen LogP contribution in [0.25, 0.3) is 5.57 Å². The minimum Gasteiger partial charge on any atom is -0.543 e. The molecule has 1 aromatic heterocycles. The van der Waals surface area contributed by atoms with Gasteiger partial charge >= 0.3 is 59.1 Å². The molecule has 0 bridgehead atoms. The second-order valence-electron chi connectivity index (χ2n) is 5.38. The van der Waals surface area contributed by atoms with E-state index in [2.05, 4.69) is 33.3 Å². The smallest absolute Gasteiger partial charge is 0.543 e. The van der Waals surface area contributed by atoms with Crippen molar-refractivity contribution in [2.45, 2.75) is 25.7 Å². The van der Waals surface area contributed by atoms with Gasteiger partial charge in [0.05, 0.1) is 30.3 Å². The summed E-state index contributed by atoms with van der Waals surface area (Å²) in [6, 6.07) is 0. The number of allylic oxidation sites excluding steroid dienone is 1. The van der Waals surface area contributed by atoms with Gasteiger partial charge in [-0.1, -0.05) is 12.2 Å². The Morgan fingerprint density at radius 2 is 1.96 bits per heavy atom. The van der Waals surface area contributed by atoms with Crippen LogP contribution in [0.5, 0.6) is 5.88 Å². The number of hydrogen-bond donors (Lipinski definition) is 0. The summed E-state index contributed by atoms with van der Waals surface area (Å²) in [6.07, 6.45) is 8.45. The molecule has 2 heterocycles. The molecule has 8 nitrogen and oxygen atoms in total. The van der Waals surface area contributed by atoms with Crippen molar-refractivity contribution in [3.8, 4) is 5.88 Å². The van der Waals surface area contributed by atoms with E-state index in [1.54, 1.807) is 0 Å². The van der Waals surface area contributed by atoms with Gasteiger partial charge in [0.2, 0.25) is 0 Å². The number of hydrogen-bond acceptors (Lipinski definition) is 9. The fourth-order valence-electron chi connectivity index (χ4n) is 2.10. The zero-order valence-corrected chi connectivity index (χ0v) is 20.9. The van der Waals surface area contributed by atoms with E-state index in [9.17, 15) is 0 Å². The van der Waals surface area contributed by atoms with Gasteiger partial charge in [0.1, 0.15) is 5.69 Å². The van der Waals surface area contributed by atoms with E-state index in [1.807, 2.05) is 6.08 Å². The van der Waals surface area contributed by atoms with Crippen molar-refractivity contribution in [3.05, 3.63) is 24.4 Å². The van der Waals surface area contributed by atoms with E-state index >= 15 is 0 Å². The third-order valence-electron chi connectivity index (χ3n) is 3.31. The topological polar surface area (TPSA) is 119 Å². The number of carbonyl (C=O) groups is 2. The number of likely N-dealkylation sites (N-methyl/N-ethyl adjacent to an activating group) is 1. The first-order valence-electron chi connectivity index (χ1n) is 7.82. The van der Waals surface area contributed by atoms with Crippen molar-refractivity contribution in [2.24, 2.45) is 0 Å². The van der Waals surface area contributed by atoms with E-state index in [-0.39, 0.29) is 59.1 Å². The molecule has 138 valence electrons. The number of nitrogens with zero attached hydrogens (tertiary/aromatic N) is 3. The number of ether oxygens (including phenoxy) is 1. The molecule has 0 atom stereocenters. The SMILES string of the molecule is C=CCCCCOc1nsnc1C1=CCCN(C)C1.O=C([O-])C(=O)[O-].[Na+].[Na+]. The summed E-state index contributed by atoms with van der Waals surface area (Å²) in [4.78, 5) is 20.1. The van der Waals surface area contributed by atoms with Crippen LogP contribution < -0.4 is 74.1 Å². The van der Waals surface area contributed by atoms with Crippen molar-refractivity contribution >= 4 is 29.2 Å². The summed E-state index contributed by atoms with van der Waals surface area (Å²) in [5.74, 6) is -3.67. The van der Waals surface area contributed by atoms with Crippen LogP contribution in [0.2, 0.25) is 0 Å². The monoisotopic (exact) mass is 413 g/mol. The largest absolute Gasteiger partial charge is 1.00 e. The van der Waals surface area contributed by atoms with Crippen LogP contribution >= 0.6 is 11.7 Å². The predicted octanol–water partition coefficient (Wildman–Crippen LogP) is -6.51. The first kappa shape index (κ1) is 28.9. The number of carboxylic acids is 2. The van der Waals surface area contributed by atoms with Crippen molar-refractivity contribution < 1.29 is 83.7 Å². The Kier molecular flexibility index (Phi) is 17.9. The minimum atomic E-state index is -2.19. The number of rotatable bonds is 7. The molecular formula is C16H21N3Na2O5S. The van der Waals surface area contributed by atoms with Gasteiger partial charge in [-0.2, -0.15) is 4.37 Å². The van der Waals surface area contributed by atoms with Gasteiger partial charge in [0.15, 0.2) is 0 Å². The number of aliphatic carboxylic acids is 2. The van der Waals surface area contributed by atoms with E-state index in [1.165, 1.54) is 17.3 Å². The third-order valence-corrected chi connectivity index (χ3v) is 3.82. The molecule has 0 saturated heterocycles. The molecule has 0 spiro atoms. The quantitative estimate of drug-likeness (QED) is 0.187. The number of aromatic nitrogens is 2. The molecule has 0 amide bonds. The predicted molar refractivity (Wildman–Crippen MR) is 89.6 cm³/mol. The normalized spacial score (nSPS) is 13.0. The molecule has 1 aliphatic rings. The average Bonchev–Trinajstić information content (AvgIpc) is 3.03.